The molecule has 28 heavy (non-hydrogen) atoms. The van der Waals surface area contributed by atoms with Crippen molar-refractivity contribution >= 4 is 22.2 Å². The zero-order valence-corrected chi connectivity index (χ0v) is 18.0. The van der Waals surface area contributed by atoms with Crippen LogP contribution in [0.3, 0.4) is 0 Å². The Morgan fingerprint density at radius 2 is 1.96 bits per heavy atom. The number of carboxylic acid groups (broad SMARTS) is 1. The molecule has 1 aromatic carbocycles. The molecule has 0 fully saturated rings. The first-order valence-corrected chi connectivity index (χ1v) is 11.1. The number of ether oxygens (including phenoxy) is 1. The molecule has 0 aliphatic carbocycles. The first-order chi connectivity index (χ1) is 12.9. The lowest BCUT2D eigenvalue weighted by molar-refractivity contribution is -0.418. The Balaban J connectivity index is 0.000000576. The van der Waals surface area contributed by atoms with Crippen LogP contribution in [0.1, 0.15) is 44.4 Å². The molecule has 0 aliphatic rings. The Morgan fingerprint density at radius 1 is 1.36 bits per heavy atom. The predicted molar refractivity (Wildman–Crippen MR) is 105 cm³/mol. The van der Waals surface area contributed by atoms with E-state index in [0.29, 0.717) is 19.4 Å². The van der Waals surface area contributed by atoms with Gasteiger partial charge in [0, 0.05) is 11.8 Å². The molecule has 4 N–H and O–H groups in total. The average molecular weight is 417 g/mol. The molecule has 0 heterocycles. The van der Waals surface area contributed by atoms with Gasteiger partial charge in [-0.15, -0.1) is 0 Å². The average Bonchev–Trinajstić information content (AvgIpc) is 2.55. The van der Waals surface area contributed by atoms with Gasteiger partial charge in [0.25, 0.3) is 0 Å². The van der Waals surface area contributed by atoms with Gasteiger partial charge in [0.1, 0.15) is 17.5 Å². The van der Waals surface area contributed by atoms with Crippen molar-refractivity contribution in [2.24, 2.45) is 5.92 Å². The standard InChI is InChI=1S/C12H19NO3S.C7H13NO3/c1-4-16-12-7-10(6-5-9(12)2)11(13)8-17(3,14)15;1-5(2)3-6(7(10)11)8-4-9/h5-7,11H,4,8,13H2,1-3H3;4-6H,3H2,1-2H3,(H,8,9)(H,10,11). The third kappa shape index (κ3) is 10.9. The van der Waals surface area contributed by atoms with Gasteiger partial charge in [-0.3, -0.25) is 4.79 Å². The fraction of sp³-hybridized carbons (Fsp3) is 0.579. The van der Waals surface area contributed by atoms with Crippen LogP contribution in [0.15, 0.2) is 18.2 Å². The Hall–Kier alpha value is -2.13. The van der Waals surface area contributed by atoms with Crippen molar-refractivity contribution < 1.29 is 33.6 Å². The van der Waals surface area contributed by atoms with Crippen molar-refractivity contribution in [1.29, 1.82) is 0 Å². The Kier molecular flexibility index (Phi) is 11.4. The molecule has 1 rings (SSSR count). The highest BCUT2D eigenvalue weighted by atomic mass is 32.2. The second-order valence-corrected chi connectivity index (χ2v) is 9.22. The van der Waals surface area contributed by atoms with E-state index in [-0.39, 0.29) is 17.7 Å². The number of hydrogen-bond donors (Lipinski definition) is 2. The summed E-state index contributed by atoms with van der Waals surface area (Å²) in [4.78, 5) is 20.2. The number of hydrogen-bond acceptors (Lipinski definition) is 6. The van der Waals surface area contributed by atoms with Gasteiger partial charge in [0.2, 0.25) is 6.41 Å². The lowest BCUT2D eigenvalue weighted by Gasteiger charge is -2.18. The molecule has 1 amide bonds. The Morgan fingerprint density at radius 3 is 2.39 bits per heavy atom. The molecule has 0 spiro atoms. The summed E-state index contributed by atoms with van der Waals surface area (Å²) in [6.45, 7) is 8.23. The number of aryl methyl sites for hydroxylation is 1. The summed E-state index contributed by atoms with van der Waals surface area (Å²) in [6.07, 6.45) is 2.01. The summed E-state index contributed by atoms with van der Waals surface area (Å²) in [5.74, 6) is -0.148. The van der Waals surface area contributed by atoms with E-state index in [1.807, 2.05) is 45.9 Å². The summed E-state index contributed by atoms with van der Waals surface area (Å²) in [5, 5.41) is 12.5. The Bertz CT molecular complexity index is 734. The summed E-state index contributed by atoms with van der Waals surface area (Å²) in [6, 6.07) is 4.60. The molecule has 9 heteroatoms. The fourth-order valence-corrected chi connectivity index (χ4v) is 3.35. The van der Waals surface area contributed by atoms with E-state index in [0.717, 1.165) is 16.9 Å². The first-order valence-electron chi connectivity index (χ1n) is 9.05. The minimum Gasteiger partial charge on any atom is -0.548 e. The van der Waals surface area contributed by atoms with E-state index < -0.39 is 21.8 Å². The highest BCUT2D eigenvalue weighted by Gasteiger charge is 2.17. The number of rotatable bonds is 10. The van der Waals surface area contributed by atoms with Gasteiger partial charge in [0.15, 0.2) is 9.84 Å². The molecule has 2 atom stereocenters. The second-order valence-electron chi connectivity index (χ2n) is 7.03. The largest absolute Gasteiger partial charge is 0.548 e. The summed E-state index contributed by atoms with van der Waals surface area (Å²) >= 11 is 0. The molecular weight excluding hydrogens is 384 g/mol. The van der Waals surface area contributed by atoms with Crippen LogP contribution < -0.4 is 20.9 Å². The summed E-state index contributed by atoms with van der Waals surface area (Å²) in [7, 11) is -3.01. The van der Waals surface area contributed by atoms with Crippen molar-refractivity contribution in [1.82, 2.24) is 5.32 Å². The number of quaternary nitrogens is 1. The number of benzene rings is 1. The maximum atomic E-state index is 11.2. The smallest absolute Gasteiger partial charge is 0.207 e. The first kappa shape index (κ1) is 25.9. The number of aliphatic carboxylic acids is 1. The van der Waals surface area contributed by atoms with Crippen LogP contribution in [-0.4, -0.2) is 45.5 Å². The normalized spacial score (nSPS) is 13.1. The number of nitrogens with one attached hydrogen (secondary N) is 1. The zero-order valence-electron chi connectivity index (χ0n) is 17.2. The molecule has 2 unspecified atom stereocenters. The topological polar surface area (TPSA) is 140 Å². The number of sulfone groups is 1. The van der Waals surface area contributed by atoms with Crippen LogP contribution in [0, 0.1) is 12.8 Å². The van der Waals surface area contributed by atoms with Crippen molar-refractivity contribution in [2.75, 3.05) is 18.6 Å². The van der Waals surface area contributed by atoms with Crippen LogP contribution in [0.5, 0.6) is 5.75 Å². The molecule has 0 aromatic heterocycles. The van der Waals surface area contributed by atoms with Crippen LogP contribution in [0.25, 0.3) is 0 Å². The lowest BCUT2D eigenvalue weighted by Crippen LogP contribution is -2.56. The van der Waals surface area contributed by atoms with Gasteiger partial charge >= 0.3 is 0 Å². The minimum atomic E-state index is -3.01. The number of carbonyl (C=O) groups is 2. The molecule has 160 valence electrons. The lowest BCUT2D eigenvalue weighted by atomic mass is 10.0. The van der Waals surface area contributed by atoms with Gasteiger partial charge in [-0.25, -0.2) is 8.42 Å². The quantitative estimate of drug-likeness (QED) is 0.498. The van der Waals surface area contributed by atoms with E-state index in [1.54, 1.807) is 0 Å². The van der Waals surface area contributed by atoms with Crippen LogP contribution in [0.2, 0.25) is 0 Å². The minimum absolute atomic E-state index is 0.0572. The van der Waals surface area contributed by atoms with Crippen LogP contribution in [-0.2, 0) is 19.4 Å². The van der Waals surface area contributed by atoms with Gasteiger partial charge in [0.05, 0.1) is 18.6 Å². The van der Waals surface area contributed by atoms with Crippen molar-refractivity contribution in [3.8, 4) is 5.75 Å². The van der Waals surface area contributed by atoms with Gasteiger partial charge in [-0.1, -0.05) is 26.0 Å². The molecule has 0 radical (unpaired) electrons. The van der Waals surface area contributed by atoms with E-state index in [9.17, 15) is 23.1 Å². The van der Waals surface area contributed by atoms with Crippen molar-refractivity contribution in [2.45, 2.75) is 46.2 Å². The monoisotopic (exact) mass is 416 g/mol. The number of carbonyl (C=O) groups excluding carboxylic acids is 2. The van der Waals surface area contributed by atoms with Gasteiger partial charge in [-0.05, 0) is 37.8 Å². The second kappa shape index (κ2) is 12.4. The molecular formula is C19H32N2O6S. The highest BCUT2D eigenvalue weighted by Crippen LogP contribution is 2.22. The predicted octanol–water partition coefficient (Wildman–Crippen LogP) is -0.382. The maximum absolute atomic E-state index is 11.2. The summed E-state index contributed by atoms with van der Waals surface area (Å²) < 4.78 is 27.9. The number of amides is 1. The van der Waals surface area contributed by atoms with E-state index in [4.69, 9.17) is 4.74 Å². The highest BCUT2D eigenvalue weighted by molar-refractivity contribution is 7.90. The maximum Gasteiger partial charge on any atom is 0.207 e. The molecule has 0 saturated carbocycles. The van der Waals surface area contributed by atoms with E-state index in [2.05, 4.69) is 11.1 Å². The molecule has 1 aromatic rings. The third-order valence-electron chi connectivity index (χ3n) is 3.75. The van der Waals surface area contributed by atoms with E-state index in [1.165, 1.54) is 6.26 Å². The van der Waals surface area contributed by atoms with Gasteiger partial charge in [-0.2, -0.15) is 0 Å². The van der Waals surface area contributed by atoms with Crippen LogP contribution in [0.4, 0.5) is 0 Å². The third-order valence-corrected chi connectivity index (χ3v) is 4.76. The molecule has 0 bridgehead atoms. The van der Waals surface area contributed by atoms with E-state index >= 15 is 0 Å². The van der Waals surface area contributed by atoms with Crippen molar-refractivity contribution in [3.63, 3.8) is 0 Å². The van der Waals surface area contributed by atoms with Crippen molar-refractivity contribution in [3.05, 3.63) is 29.3 Å². The zero-order chi connectivity index (χ0) is 21.9. The van der Waals surface area contributed by atoms with Gasteiger partial charge < -0.3 is 25.7 Å². The molecule has 0 aliphatic heterocycles. The van der Waals surface area contributed by atoms with Crippen LogP contribution >= 0.6 is 0 Å². The SMILES string of the molecule is CC(C)CC(NC=O)C(=O)[O-].CCOc1cc(C([NH3+])CS(C)(=O)=O)ccc1C. The summed E-state index contributed by atoms with van der Waals surface area (Å²) in [5.41, 5.74) is 5.83. The molecule has 8 nitrogen and oxygen atoms in total. The fourth-order valence-electron chi connectivity index (χ4n) is 2.43. The molecule has 0 saturated heterocycles. The number of carboxylic acids is 1. The Labute approximate surface area is 167 Å².